The van der Waals surface area contributed by atoms with Crippen molar-refractivity contribution in [3.63, 3.8) is 0 Å². The van der Waals surface area contributed by atoms with Gasteiger partial charge in [0.2, 0.25) is 0 Å². The second kappa shape index (κ2) is 5.93. The molecule has 1 aromatic carbocycles. The number of ether oxygens (including phenoxy) is 1. The average Bonchev–Trinajstić information content (AvgIpc) is 2.44. The van der Waals surface area contributed by atoms with Crippen molar-refractivity contribution in [2.24, 2.45) is 0 Å². The molecule has 0 fully saturated rings. The number of terminal acetylenes is 1. The standard InChI is InChI=1S/C16H21NO/c1-4-13(5-2)17-16-8-6-7-12-11-14(18-3)9-10-15(12)16/h1,9-11,13,16-17H,5-8H2,2-3H3. The predicted molar refractivity (Wildman–Crippen MR) is 74.7 cm³/mol. The second-order valence-electron chi connectivity index (χ2n) is 4.80. The molecule has 96 valence electrons. The zero-order chi connectivity index (χ0) is 13.0. The van der Waals surface area contributed by atoms with Crippen molar-refractivity contribution in [2.75, 3.05) is 7.11 Å². The minimum atomic E-state index is 0.169. The van der Waals surface area contributed by atoms with Crippen molar-refractivity contribution >= 4 is 0 Å². The van der Waals surface area contributed by atoms with Crippen LogP contribution < -0.4 is 10.1 Å². The summed E-state index contributed by atoms with van der Waals surface area (Å²) in [6.07, 6.45) is 10.0. The topological polar surface area (TPSA) is 21.3 Å². The molecule has 18 heavy (non-hydrogen) atoms. The normalized spacial score (nSPS) is 19.7. The van der Waals surface area contributed by atoms with Gasteiger partial charge in [-0.05, 0) is 48.9 Å². The highest BCUT2D eigenvalue weighted by atomic mass is 16.5. The van der Waals surface area contributed by atoms with E-state index in [1.54, 1.807) is 7.11 Å². The Balaban J connectivity index is 2.20. The molecule has 2 rings (SSSR count). The van der Waals surface area contributed by atoms with Crippen LogP contribution in [0.1, 0.15) is 43.4 Å². The van der Waals surface area contributed by atoms with Gasteiger partial charge in [0, 0.05) is 6.04 Å². The van der Waals surface area contributed by atoms with E-state index in [1.165, 1.54) is 17.5 Å². The summed E-state index contributed by atoms with van der Waals surface area (Å²) in [6.45, 7) is 2.12. The molecule has 1 aromatic rings. The molecule has 2 atom stereocenters. The van der Waals surface area contributed by atoms with Gasteiger partial charge in [0.1, 0.15) is 5.75 Å². The lowest BCUT2D eigenvalue weighted by Gasteiger charge is -2.29. The van der Waals surface area contributed by atoms with Crippen molar-refractivity contribution < 1.29 is 4.74 Å². The third-order valence-electron chi connectivity index (χ3n) is 3.68. The van der Waals surface area contributed by atoms with E-state index < -0.39 is 0 Å². The Hall–Kier alpha value is -1.46. The second-order valence-corrected chi connectivity index (χ2v) is 4.80. The lowest BCUT2D eigenvalue weighted by atomic mass is 9.87. The van der Waals surface area contributed by atoms with Gasteiger partial charge in [-0.1, -0.05) is 18.9 Å². The van der Waals surface area contributed by atoms with Crippen LogP contribution in [0.3, 0.4) is 0 Å². The maximum absolute atomic E-state index is 5.53. The summed E-state index contributed by atoms with van der Waals surface area (Å²) >= 11 is 0. The van der Waals surface area contributed by atoms with Gasteiger partial charge in [0.05, 0.1) is 13.2 Å². The molecule has 0 saturated heterocycles. The molecule has 1 aliphatic rings. The Kier molecular flexibility index (Phi) is 4.28. The van der Waals surface area contributed by atoms with E-state index in [0.717, 1.165) is 25.0 Å². The summed E-state index contributed by atoms with van der Waals surface area (Å²) in [5, 5.41) is 3.57. The van der Waals surface area contributed by atoms with Crippen molar-refractivity contribution in [1.29, 1.82) is 0 Å². The van der Waals surface area contributed by atoms with Crippen molar-refractivity contribution in [3.05, 3.63) is 29.3 Å². The molecular formula is C16H21NO. The highest BCUT2D eigenvalue weighted by Crippen LogP contribution is 2.32. The van der Waals surface area contributed by atoms with Gasteiger partial charge in [0.15, 0.2) is 0 Å². The number of fused-ring (bicyclic) bond motifs is 1. The van der Waals surface area contributed by atoms with Crippen molar-refractivity contribution in [2.45, 2.75) is 44.7 Å². The van der Waals surface area contributed by atoms with Gasteiger partial charge < -0.3 is 4.74 Å². The number of hydrogen-bond donors (Lipinski definition) is 1. The summed E-state index contributed by atoms with van der Waals surface area (Å²) in [7, 11) is 1.71. The first kappa shape index (κ1) is 13.0. The minimum absolute atomic E-state index is 0.169. The first-order chi connectivity index (χ1) is 8.78. The molecule has 1 N–H and O–H groups in total. The highest BCUT2D eigenvalue weighted by molar-refractivity contribution is 5.39. The van der Waals surface area contributed by atoms with Gasteiger partial charge in [-0.2, -0.15) is 0 Å². The van der Waals surface area contributed by atoms with Crippen LogP contribution in [0.15, 0.2) is 18.2 Å². The molecule has 0 amide bonds. The molecule has 2 nitrogen and oxygen atoms in total. The third kappa shape index (κ3) is 2.68. The Morgan fingerprint density at radius 2 is 2.39 bits per heavy atom. The fraction of sp³-hybridized carbons (Fsp3) is 0.500. The van der Waals surface area contributed by atoms with Crippen LogP contribution in [0.2, 0.25) is 0 Å². The maximum atomic E-state index is 5.53. The summed E-state index contributed by atoms with van der Waals surface area (Å²) in [5.74, 6) is 3.76. The molecule has 0 heterocycles. The number of aryl methyl sites for hydroxylation is 1. The number of nitrogens with one attached hydrogen (secondary N) is 1. The molecule has 1 aliphatic carbocycles. The lowest BCUT2D eigenvalue weighted by Crippen LogP contribution is -2.33. The summed E-state index contributed by atoms with van der Waals surface area (Å²) in [4.78, 5) is 0. The van der Waals surface area contributed by atoms with Gasteiger partial charge in [-0.3, -0.25) is 5.32 Å². The fourth-order valence-corrected chi connectivity index (χ4v) is 2.62. The van der Waals surface area contributed by atoms with Crippen LogP contribution in [0, 0.1) is 12.3 Å². The Morgan fingerprint density at radius 3 is 3.06 bits per heavy atom. The number of hydrogen-bond acceptors (Lipinski definition) is 2. The maximum Gasteiger partial charge on any atom is 0.119 e. The average molecular weight is 243 g/mol. The van der Waals surface area contributed by atoms with Crippen LogP contribution in [0.25, 0.3) is 0 Å². The third-order valence-corrected chi connectivity index (χ3v) is 3.68. The number of methoxy groups -OCH3 is 1. The molecular weight excluding hydrogens is 222 g/mol. The van der Waals surface area contributed by atoms with Gasteiger partial charge in [0.25, 0.3) is 0 Å². The molecule has 0 spiro atoms. The van der Waals surface area contributed by atoms with Crippen LogP contribution in [-0.4, -0.2) is 13.2 Å². The lowest BCUT2D eigenvalue weighted by molar-refractivity contribution is 0.407. The number of rotatable bonds is 4. The zero-order valence-corrected chi connectivity index (χ0v) is 11.2. The summed E-state index contributed by atoms with van der Waals surface area (Å²) in [6, 6.07) is 6.92. The van der Waals surface area contributed by atoms with Crippen LogP contribution in [0.5, 0.6) is 5.75 Å². The van der Waals surface area contributed by atoms with E-state index >= 15 is 0 Å². The Bertz CT molecular complexity index is 447. The fourth-order valence-electron chi connectivity index (χ4n) is 2.62. The molecule has 2 heteroatoms. The van der Waals surface area contributed by atoms with E-state index in [-0.39, 0.29) is 6.04 Å². The highest BCUT2D eigenvalue weighted by Gasteiger charge is 2.21. The van der Waals surface area contributed by atoms with E-state index in [0.29, 0.717) is 6.04 Å². The largest absolute Gasteiger partial charge is 0.497 e. The van der Waals surface area contributed by atoms with E-state index in [1.807, 2.05) is 6.07 Å². The van der Waals surface area contributed by atoms with Crippen LogP contribution in [-0.2, 0) is 6.42 Å². The smallest absolute Gasteiger partial charge is 0.119 e. The summed E-state index contributed by atoms with van der Waals surface area (Å²) < 4.78 is 5.29. The number of benzene rings is 1. The Labute approximate surface area is 110 Å². The van der Waals surface area contributed by atoms with Crippen molar-refractivity contribution in [3.8, 4) is 18.1 Å². The van der Waals surface area contributed by atoms with Gasteiger partial charge in [-0.15, -0.1) is 6.42 Å². The van der Waals surface area contributed by atoms with Gasteiger partial charge >= 0.3 is 0 Å². The first-order valence-electron chi connectivity index (χ1n) is 6.67. The molecule has 0 aliphatic heterocycles. The monoisotopic (exact) mass is 243 g/mol. The minimum Gasteiger partial charge on any atom is -0.497 e. The first-order valence-corrected chi connectivity index (χ1v) is 6.67. The molecule has 0 radical (unpaired) electrons. The molecule has 2 unspecified atom stereocenters. The molecule has 0 bridgehead atoms. The summed E-state index contributed by atoms with van der Waals surface area (Å²) in [5.41, 5.74) is 2.78. The predicted octanol–water partition coefficient (Wildman–Crippen LogP) is 3.07. The quantitative estimate of drug-likeness (QED) is 0.821. The van der Waals surface area contributed by atoms with Crippen LogP contribution in [0.4, 0.5) is 0 Å². The Morgan fingerprint density at radius 1 is 1.56 bits per heavy atom. The van der Waals surface area contributed by atoms with E-state index in [2.05, 4.69) is 30.3 Å². The van der Waals surface area contributed by atoms with Crippen LogP contribution >= 0.6 is 0 Å². The van der Waals surface area contributed by atoms with E-state index in [9.17, 15) is 0 Å². The van der Waals surface area contributed by atoms with E-state index in [4.69, 9.17) is 11.2 Å². The molecule has 0 aromatic heterocycles. The molecule has 0 saturated carbocycles. The van der Waals surface area contributed by atoms with Crippen molar-refractivity contribution in [1.82, 2.24) is 5.32 Å². The van der Waals surface area contributed by atoms with Gasteiger partial charge in [-0.25, -0.2) is 0 Å². The zero-order valence-electron chi connectivity index (χ0n) is 11.2. The SMILES string of the molecule is C#CC(CC)NC1CCCc2cc(OC)ccc21.